The number of aromatic amines is 1. The molecule has 0 aliphatic carbocycles. The number of rotatable bonds is 4. The number of amides is 1. The fourth-order valence-corrected chi connectivity index (χ4v) is 6.84. The van der Waals surface area contributed by atoms with Gasteiger partial charge in [-0.15, -0.1) is 0 Å². The van der Waals surface area contributed by atoms with Gasteiger partial charge in [0.2, 0.25) is 0 Å². The van der Waals surface area contributed by atoms with Gasteiger partial charge < -0.3 is 10.7 Å². The Labute approximate surface area is 194 Å². The van der Waals surface area contributed by atoms with Crippen molar-refractivity contribution in [3.8, 4) is 11.1 Å². The molecule has 1 aliphatic heterocycles. The molecule has 1 fully saturated rings. The number of carbonyl (C=O) groups is 1. The Balaban J connectivity index is 0.00000259. The number of sulfone groups is 1. The molecule has 5 nitrogen and oxygen atoms in total. The molecule has 0 bridgehead atoms. The minimum Gasteiger partial charge on any atom is -0.366 e. The van der Waals surface area contributed by atoms with Crippen molar-refractivity contribution in [3.05, 3.63) is 95.7 Å². The number of carbonyl (C=O) groups excluding carboxylic acids is 1. The van der Waals surface area contributed by atoms with Crippen molar-refractivity contribution < 1.29 is 13.2 Å². The molecule has 1 saturated heterocycles. The van der Waals surface area contributed by atoms with E-state index < -0.39 is 21.0 Å². The molecule has 0 spiro atoms. The summed E-state index contributed by atoms with van der Waals surface area (Å²) in [5.74, 6) is -0.288. The van der Waals surface area contributed by atoms with Crippen molar-refractivity contribution in [2.45, 2.75) is 31.4 Å². The van der Waals surface area contributed by atoms with Crippen LogP contribution in [-0.2, 0) is 9.84 Å². The predicted molar refractivity (Wildman–Crippen MR) is 134 cm³/mol. The van der Waals surface area contributed by atoms with Crippen LogP contribution in [0.15, 0.2) is 79.0 Å². The highest BCUT2D eigenvalue weighted by atomic mass is 32.2. The third-order valence-electron chi connectivity index (χ3n) is 6.49. The van der Waals surface area contributed by atoms with Crippen LogP contribution in [0.2, 0.25) is 0 Å². The smallest absolute Gasteiger partial charge is 0.250 e. The molecule has 1 amide bonds. The van der Waals surface area contributed by atoms with E-state index in [1.807, 2.05) is 72.9 Å². The van der Waals surface area contributed by atoms with E-state index in [1.54, 1.807) is 0 Å². The topological polar surface area (TPSA) is 93.0 Å². The Kier molecular flexibility index (Phi) is 6.13. The number of nitrogens with one attached hydrogen (secondary N) is 1. The van der Waals surface area contributed by atoms with Crippen LogP contribution >= 0.6 is 0 Å². The Hall–Kier alpha value is -3.38. The highest BCUT2D eigenvalue weighted by Gasteiger charge is 2.36. The molecule has 4 aromatic rings. The monoisotopic (exact) mass is 460 g/mol. The molecule has 0 saturated carbocycles. The zero-order valence-electron chi connectivity index (χ0n) is 17.5. The molecule has 33 heavy (non-hydrogen) atoms. The average molecular weight is 461 g/mol. The fraction of sp³-hybridized carbons (Fsp3) is 0.222. The normalized spacial score (nSPS) is 19.6. The lowest BCUT2D eigenvalue weighted by Gasteiger charge is -2.29. The third-order valence-corrected chi connectivity index (χ3v) is 8.62. The molecule has 3 N–H and O–H groups in total. The number of hydrogen-bond donors (Lipinski definition) is 2. The van der Waals surface area contributed by atoms with Gasteiger partial charge in [-0.05, 0) is 53.1 Å². The summed E-state index contributed by atoms with van der Waals surface area (Å²) >= 11 is 0. The SMILES string of the molecule is C.NC(=O)c1cc(-c2ccccc2)cc2c([C@H]3CCS(=O)(=O)[C@@H](c4ccccc4)C3)c[nH]c12. The van der Waals surface area contributed by atoms with Gasteiger partial charge in [0.05, 0.1) is 22.1 Å². The molecule has 1 aliphatic rings. The van der Waals surface area contributed by atoms with Crippen molar-refractivity contribution in [1.29, 1.82) is 0 Å². The third kappa shape index (κ3) is 4.18. The standard InChI is InChI=1S/C26H24N2O3S.CH4/c27-26(29)22-14-20(17-7-3-1-4-8-17)13-21-23(16-28-25(21)22)19-11-12-32(30,31)24(15-19)18-9-5-2-6-10-18;/h1-10,13-14,16,19,24,28H,11-12,15H2,(H2,27,29);1H4/t19-,24+;/m0./s1. The minimum absolute atomic E-state index is 0. The van der Waals surface area contributed by atoms with Gasteiger partial charge in [0, 0.05) is 11.6 Å². The van der Waals surface area contributed by atoms with E-state index in [2.05, 4.69) is 11.1 Å². The maximum atomic E-state index is 12.9. The lowest BCUT2D eigenvalue weighted by Crippen LogP contribution is -2.26. The molecule has 5 rings (SSSR count). The highest BCUT2D eigenvalue weighted by molar-refractivity contribution is 7.91. The first-order valence-corrected chi connectivity index (χ1v) is 12.4. The summed E-state index contributed by atoms with van der Waals surface area (Å²) in [7, 11) is -3.21. The zero-order chi connectivity index (χ0) is 22.3. The molecule has 1 aromatic heterocycles. The highest BCUT2D eigenvalue weighted by Crippen LogP contribution is 2.44. The Morgan fingerprint density at radius 2 is 1.61 bits per heavy atom. The van der Waals surface area contributed by atoms with E-state index in [9.17, 15) is 13.2 Å². The maximum Gasteiger partial charge on any atom is 0.250 e. The minimum atomic E-state index is -3.21. The zero-order valence-corrected chi connectivity index (χ0v) is 18.3. The van der Waals surface area contributed by atoms with E-state index in [4.69, 9.17) is 5.73 Å². The van der Waals surface area contributed by atoms with Crippen LogP contribution in [0.25, 0.3) is 22.0 Å². The Morgan fingerprint density at radius 1 is 0.939 bits per heavy atom. The second kappa shape index (κ2) is 8.87. The van der Waals surface area contributed by atoms with E-state index in [1.165, 1.54) is 0 Å². The van der Waals surface area contributed by atoms with Gasteiger partial charge in [0.1, 0.15) is 0 Å². The predicted octanol–water partition coefficient (Wildman–Crippen LogP) is 5.60. The number of H-pyrrole nitrogens is 1. The van der Waals surface area contributed by atoms with E-state index in [0.29, 0.717) is 23.9 Å². The summed E-state index contributed by atoms with van der Waals surface area (Å²) in [6, 6.07) is 23.2. The molecular weight excluding hydrogens is 432 g/mol. The van der Waals surface area contributed by atoms with Crippen molar-refractivity contribution in [1.82, 2.24) is 4.98 Å². The van der Waals surface area contributed by atoms with E-state index in [0.717, 1.165) is 27.6 Å². The van der Waals surface area contributed by atoms with Gasteiger partial charge in [0.15, 0.2) is 9.84 Å². The van der Waals surface area contributed by atoms with Crippen LogP contribution in [0.1, 0.15) is 52.9 Å². The van der Waals surface area contributed by atoms with Crippen LogP contribution < -0.4 is 5.73 Å². The lowest BCUT2D eigenvalue weighted by atomic mass is 9.88. The van der Waals surface area contributed by atoms with Gasteiger partial charge >= 0.3 is 0 Å². The lowest BCUT2D eigenvalue weighted by molar-refractivity contribution is 0.100. The van der Waals surface area contributed by atoms with Crippen molar-refractivity contribution in [2.24, 2.45) is 5.73 Å². The molecule has 170 valence electrons. The fourth-order valence-electron chi connectivity index (χ4n) is 4.85. The molecule has 0 unspecified atom stereocenters. The van der Waals surface area contributed by atoms with Crippen molar-refractivity contribution in [2.75, 3.05) is 5.75 Å². The quantitative estimate of drug-likeness (QED) is 0.415. The van der Waals surface area contributed by atoms with Crippen molar-refractivity contribution in [3.63, 3.8) is 0 Å². The first-order valence-electron chi connectivity index (χ1n) is 10.7. The van der Waals surface area contributed by atoms with Gasteiger partial charge in [-0.1, -0.05) is 68.1 Å². The van der Waals surface area contributed by atoms with Crippen molar-refractivity contribution >= 4 is 26.6 Å². The molecule has 0 radical (unpaired) electrons. The summed E-state index contributed by atoms with van der Waals surface area (Å²) in [6.45, 7) is 0. The molecular formula is C27H28N2O3S. The first kappa shape index (κ1) is 22.8. The van der Waals surface area contributed by atoms with Gasteiger partial charge in [-0.3, -0.25) is 4.79 Å². The van der Waals surface area contributed by atoms with E-state index in [-0.39, 0.29) is 19.1 Å². The van der Waals surface area contributed by atoms with Crippen LogP contribution in [0.5, 0.6) is 0 Å². The van der Waals surface area contributed by atoms with Gasteiger partial charge in [0.25, 0.3) is 5.91 Å². The van der Waals surface area contributed by atoms with Crippen LogP contribution in [0.3, 0.4) is 0 Å². The number of aromatic nitrogens is 1. The summed E-state index contributed by atoms with van der Waals surface area (Å²) in [4.78, 5) is 15.5. The number of nitrogens with two attached hydrogens (primary N) is 1. The van der Waals surface area contributed by atoms with Gasteiger partial charge in [-0.25, -0.2) is 8.42 Å². The number of primary amides is 1. The Morgan fingerprint density at radius 3 is 2.27 bits per heavy atom. The largest absolute Gasteiger partial charge is 0.366 e. The average Bonchev–Trinajstić information content (AvgIpc) is 3.23. The van der Waals surface area contributed by atoms with Crippen LogP contribution in [-0.4, -0.2) is 25.1 Å². The maximum absolute atomic E-state index is 12.9. The van der Waals surface area contributed by atoms with Crippen LogP contribution in [0.4, 0.5) is 0 Å². The molecule has 2 atom stereocenters. The molecule has 2 heterocycles. The number of hydrogen-bond acceptors (Lipinski definition) is 3. The van der Waals surface area contributed by atoms with E-state index >= 15 is 0 Å². The van der Waals surface area contributed by atoms with Crippen LogP contribution in [0, 0.1) is 0 Å². The van der Waals surface area contributed by atoms with Gasteiger partial charge in [-0.2, -0.15) is 0 Å². The molecule has 6 heteroatoms. The number of benzene rings is 3. The molecule has 3 aromatic carbocycles. The second-order valence-corrected chi connectivity index (χ2v) is 10.7. The number of fused-ring (bicyclic) bond motifs is 1. The second-order valence-electron chi connectivity index (χ2n) is 8.41. The summed E-state index contributed by atoms with van der Waals surface area (Å²) in [6.07, 6.45) is 2.98. The summed E-state index contributed by atoms with van der Waals surface area (Å²) in [5, 5.41) is 0.400. The summed E-state index contributed by atoms with van der Waals surface area (Å²) in [5.41, 5.74) is 10.6. The first-order chi connectivity index (χ1) is 15.4. The Bertz CT molecular complexity index is 1390. The summed E-state index contributed by atoms with van der Waals surface area (Å²) < 4.78 is 25.7.